The number of amides is 3. The molecule has 10 nitrogen and oxygen atoms in total. The van der Waals surface area contributed by atoms with E-state index in [1.807, 2.05) is 0 Å². The van der Waals surface area contributed by atoms with Crippen molar-refractivity contribution in [3.63, 3.8) is 0 Å². The number of nitrogens with zero attached hydrogens (tertiary/aromatic N) is 3. The molecule has 0 saturated heterocycles. The lowest BCUT2D eigenvalue weighted by Gasteiger charge is -2.33. The molecule has 1 aliphatic heterocycles. The lowest BCUT2D eigenvalue weighted by molar-refractivity contribution is -0.141. The Morgan fingerprint density at radius 1 is 1.30 bits per heavy atom. The molecular formula is C15H14N4O6S2. The minimum atomic E-state index is -4.19. The molecule has 0 radical (unpaired) electrons. The van der Waals surface area contributed by atoms with Crippen molar-refractivity contribution >= 4 is 44.2 Å². The maximum Gasteiger partial charge on any atom is 0.331 e. The van der Waals surface area contributed by atoms with E-state index in [-0.39, 0.29) is 15.6 Å². The van der Waals surface area contributed by atoms with Crippen LogP contribution in [0.2, 0.25) is 0 Å². The van der Waals surface area contributed by atoms with E-state index in [9.17, 15) is 22.8 Å². The van der Waals surface area contributed by atoms with Crippen molar-refractivity contribution in [2.75, 3.05) is 12.4 Å². The average molecular weight is 410 g/mol. The summed E-state index contributed by atoms with van der Waals surface area (Å²) in [6.45, 7) is 1.67. The normalized spacial score (nSPS) is 17.9. The molecule has 3 amide bonds. The highest BCUT2D eigenvalue weighted by atomic mass is 32.2. The smallest absolute Gasteiger partial charge is 0.331 e. The Balaban J connectivity index is 2.06. The van der Waals surface area contributed by atoms with Crippen LogP contribution >= 0.6 is 11.3 Å². The first-order chi connectivity index (χ1) is 12.8. The zero-order chi connectivity index (χ0) is 19.8. The third kappa shape index (κ3) is 3.40. The monoisotopic (exact) mass is 410 g/mol. The number of methoxy groups -OCH3 is 1. The highest BCUT2D eigenvalue weighted by molar-refractivity contribution is 7.92. The van der Waals surface area contributed by atoms with E-state index in [1.54, 1.807) is 6.92 Å². The number of benzene rings is 1. The van der Waals surface area contributed by atoms with Gasteiger partial charge in [-0.2, -0.15) is 0 Å². The average Bonchev–Trinajstić information content (AvgIpc) is 3.04. The summed E-state index contributed by atoms with van der Waals surface area (Å²) in [4.78, 5) is 37.5. The molecule has 0 bridgehead atoms. The Kier molecular flexibility index (Phi) is 4.93. The number of hydrogen-bond acceptors (Lipinski definition) is 9. The molecule has 27 heavy (non-hydrogen) atoms. The molecule has 0 aliphatic carbocycles. The first-order valence-electron chi connectivity index (χ1n) is 7.60. The number of fused-ring (bicyclic) bond motifs is 1. The molecule has 0 saturated carbocycles. The van der Waals surface area contributed by atoms with E-state index in [0.29, 0.717) is 9.91 Å². The van der Waals surface area contributed by atoms with Gasteiger partial charge in [0.15, 0.2) is 5.37 Å². The number of carbonyl (C=O) groups is 3. The van der Waals surface area contributed by atoms with Crippen molar-refractivity contribution in [1.29, 1.82) is 0 Å². The number of aromatic nitrogens is 2. The van der Waals surface area contributed by atoms with Crippen LogP contribution in [0.25, 0.3) is 0 Å². The summed E-state index contributed by atoms with van der Waals surface area (Å²) in [5.74, 6) is -1.71. The van der Waals surface area contributed by atoms with Gasteiger partial charge in [-0.15, -0.1) is 10.2 Å². The van der Waals surface area contributed by atoms with Crippen molar-refractivity contribution in [2.45, 2.75) is 23.6 Å². The van der Waals surface area contributed by atoms with Crippen molar-refractivity contribution in [1.82, 2.24) is 15.1 Å². The standard InChI is InChI=1S/C15H14N4O6S2/c1-8-17-18-14(26-8)16-15(22)19-11(7-12(20)25-2)27(23,24)10-6-4-3-5-9(10)13(19)21/h3-6,11H,7H2,1-2H3,(H,16,18,22). The van der Waals surface area contributed by atoms with Gasteiger partial charge in [-0.1, -0.05) is 23.5 Å². The molecule has 2 aromatic rings. The van der Waals surface area contributed by atoms with Crippen LogP contribution in [-0.4, -0.2) is 53.9 Å². The Bertz CT molecular complexity index is 1030. The minimum absolute atomic E-state index is 0.0957. The van der Waals surface area contributed by atoms with Gasteiger partial charge in [-0.25, -0.2) is 18.1 Å². The number of anilines is 1. The van der Waals surface area contributed by atoms with E-state index in [2.05, 4.69) is 20.3 Å². The lowest BCUT2D eigenvalue weighted by Crippen LogP contribution is -2.54. The molecule has 1 aromatic carbocycles. The first-order valence-corrected chi connectivity index (χ1v) is 9.96. The van der Waals surface area contributed by atoms with Gasteiger partial charge in [0, 0.05) is 0 Å². The summed E-state index contributed by atoms with van der Waals surface area (Å²) >= 11 is 1.05. The molecular weight excluding hydrogens is 396 g/mol. The third-order valence-corrected chi connectivity index (χ3v) is 6.63. The molecule has 12 heteroatoms. The lowest BCUT2D eigenvalue weighted by atomic mass is 10.2. The van der Waals surface area contributed by atoms with E-state index < -0.39 is 39.5 Å². The Morgan fingerprint density at radius 2 is 2.00 bits per heavy atom. The first kappa shape index (κ1) is 18.9. The van der Waals surface area contributed by atoms with Crippen LogP contribution < -0.4 is 5.32 Å². The van der Waals surface area contributed by atoms with Gasteiger partial charge >= 0.3 is 12.0 Å². The number of hydrogen-bond donors (Lipinski definition) is 1. The highest BCUT2D eigenvalue weighted by Crippen LogP contribution is 2.32. The molecule has 1 atom stereocenters. The van der Waals surface area contributed by atoms with E-state index in [1.165, 1.54) is 24.3 Å². The fourth-order valence-corrected chi connectivity index (χ4v) is 5.02. The van der Waals surface area contributed by atoms with Crippen LogP contribution in [0.1, 0.15) is 21.8 Å². The summed E-state index contributed by atoms with van der Waals surface area (Å²) in [5.41, 5.74) is -0.151. The number of imide groups is 1. The van der Waals surface area contributed by atoms with Gasteiger partial charge in [-0.3, -0.25) is 14.9 Å². The topological polar surface area (TPSA) is 136 Å². The largest absolute Gasteiger partial charge is 0.469 e. The molecule has 1 aromatic heterocycles. The maximum absolute atomic E-state index is 13.0. The second-order valence-electron chi connectivity index (χ2n) is 5.51. The summed E-state index contributed by atoms with van der Waals surface area (Å²) in [5, 5.41) is 8.73. The SMILES string of the molecule is COC(=O)CC1N(C(=O)Nc2nnc(C)s2)C(=O)c2ccccc2S1(=O)=O. The molecule has 142 valence electrons. The van der Waals surface area contributed by atoms with E-state index in [4.69, 9.17) is 0 Å². The van der Waals surface area contributed by atoms with Crippen molar-refractivity contribution in [3.05, 3.63) is 34.8 Å². The molecule has 1 aliphatic rings. The fraction of sp³-hybridized carbons (Fsp3) is 0.267. The van der Waals surface area contributed by atoms with Crippen LogP contribution in [0, 0.1) is 6.92 Å². The molecule has 3 rings (SSSR count). The molecule has 0 fully saturated rings. The Hall–Kier alpha value is -2.86. The van der Waals surface area contributed by atoms with Crippen LogP contribution in [0.3, 0.4) is 0 Å². The number of aryl methyl sites for hydroxylation is 1. The number of ether oxygens (including phenoxy) is 1. The van der Waals surface area contributed by atoms with Crippen LogP contribution in [0.5, 0.6) is 0 Å². The molecule has 2 heterocycles. The second kappa shape index (κ2) is 7.04. The zero-order valence-corrected chi connectivity index (χ0v) is 15.8. The number of carbonyl (C=O) groups excluding carboxylic acids is 3. The highest BCUT2D eigenvalue weighted by Gasteiger charge is 2.47. The molecule has 1 unspecified atom stereocenters. The fourth-order valence-electron chi connectivity index (χ4n) is 2.59. The maximum atomic E-state index is 13.0. The van der Waals surface area contributed by atoms with Gasteiger partial charge in [0.05, 0.1) is 24.0 Å². The molecule has 0 spiro atoms. The predicted molar refractivity (Wildman–Crippen MR) is 93.9 cm³/mol. The van der Waals surface area contributed by atoms with Crippen molar-refractivity contribution in [2.24, 2.45) is 0 Å². The zero-order valence-electron chi connectivity index (χ0n) is 14.2. The number of urea groups is 1. The van der Waals surface area contributed by atoms with Crippen LogP contribution in [-0.2, 0) is 19.4 Å². The number of rotatable bonds is 3. The molecule has 1 N–H and O–H groups in total. The number of sulfone groups is 1. The Labute approximate surface area is 158 Å². The van der Waals surface area contributed by atoms with Gasteiger partial charge in [0.25, 0.3) is 5.91 Å². The second-order valence-corrected chi connectivity index (χ2v) is 8.76. The third-order valence-electron chi connectivity index (χ3n) is 3.82. The summed E-state index contributed by atoms with van der Waals surface area (Å²) in [6, 6.07) is 4.48. The number of nitrogens with one attached hydrogen (secondary N) is 1. The predicted octanol–water partition coefficient (Wildman–Crippen LogP) is 1.20. The summed E-state index contributed by atoms with van der Waals surface area (Å²) in [7, 11) is -3.11. The van der Waals surface area contributed by atoms with Crippen molar-refractivity contribution in [3.8, 4) is 0 Å². The van der Waals surface area contributed by atoms with Gasteiger partial charge in [-0.05, 0) is 19.1 Å². The van der Waals surface area contributed by atoms with E-state index in [0.717, 1.165) is 18.4 Å². The van der Waals surface area contributed by atoms with E-state index >= 15 is 0 Å². The summed E-state index contributed by atoms with van der Waals surface area (Å²) in [6.07, 6.45) is -0.693. The van der Waals surface area contributed by atoms with Gasteiger partial charge in [0.2, 0.25) is 15.0 Å². The van der Waals surface area contributed by atoms with Crippen LogP contribution in [0.15, 0.2) is 29.2 Å². The quantitative estimate of drug-likeness (QED) is 0.746. The van der Waals surface area contributed by atoms with Crippen LogP contribution in [0.4, 0.5) is 9.93 Å². The number of esters is 1. The van der Waals surface area contributed by atoms with Gasteiger partial charge in [0.1, 0.15) is 5.01 Å². The minimum Gasteiger partial charge on any atom is -0.469 e. The van der Waals surface area contributed by atoms with Gasteiger partial charge < -0.3 is 4.74 Å². The summed E-state index contributed by atoms with van der Waals surface area (Å²) < 4.78 is 30.5. The Morgan fingerprint density at radius 3 is 2.63 bits per heavy atom. The van der Waals surface area contributed by atoms with Crippen molar-refractivity contribution < 1.29 is 27.5 Å².